The van der Waals surface area contributed by atoms with E-state index in [2.05, 4.69) is 15.8 Å². The number of anilines is 1. The number of non-ortho nitro benzene ring substituents is 1. The summed E-state index contributed by atoms with van der Waals surface area (Å²) in [5, 5.41) is 17.2. The van der Waals surface area contributed by atoms with Gasteiger partial charge in [0.1, 0.15) is 0 Å². The molecule has 0 radical (unpaired) electrons. The topological polar surface area (TPSA) is 127 Å². The van der Waals surface area contributed by atoms with E-state index in [1.807, 2.05) is 0 Å². The first kappa shape index (κ1) is 18.5. The number of nitrogens with one attached hydrogen (secondary N) is 2. The first-order valence-electron chi connectivity index (χ1n) is 8.06. The fourth-order valence-corrected chi connectivity index (χ4v) is 2.33. The molecule has 9 heteroatoms. The number of amides is 2. The lowest BCUT2D eigenvalue weighted by atomic mass is 10.1. The second-order valence-electron chi connectivity index (χ2n) is 5.53. The van der Waals surface area contributed by atoms with Gasteiger partial charge in [-0.05, 0) is 24.3 Å². The van der Waals surface area contributed by atoms with E-state index in [0.717, 1.165) is 0 Å². The molecule has 0 spiro atoms. The first-order chi connectivity index (χ1) is 13.5. The highest BCUT2D eigenvalue weighted by Gasteiger charge is 2.15. The van der Waals surface area contributed by atoms with Crippen LogP contribution in [-0.2, 0) is 0 Å². The molecule has 0 bridgehead atoms. The van der Waals surface area contributed by atoms with Crippen LogP contribution in [0.4, 0.5) is 11.4 Å². The molecule has 140 valence electrons. The van der Waals surface area contributed by atoms with Crippen molar-refractivity contribution in [1.82, 2.24) is 5.43 Å². The highest BCUT2D eigenvalue weighted by atomic mass is 16.6. The molecule has 3 rings (SSSR count). The lowest BCUT2D eigenvalue weighted by molar-refractivity contribution is -0.384. The molecule has 0 atom stereocenters. The summed E-state index contributed by atoms with van der Waals surface area (Å²) in [5.41, 5.74) is 3.18. The van der Waals surface area contributed by atoms with Crippen LogP contribution in [0.1, 0.15) is 26.5 Å². The fourth-order valence-electron chi connectivity index (χ4n) is 2.33. The molecule has 1 heterocycles. The van der Waals surface area contributed by atoms with Crippen molar-refractivity contribution in [3.63, 3.8) is 0 Å². The van der Waals surface area contributed by atoms with E-state index in [4.69, 9.17) is 4.42 Å². The van der Waals surface area contributed by atoms with Crippen molar-refractivity contribution in [3.05, 3.63) is 93.9 Å². The quantitative estimate of drug-likeness (QED) is 0.387. The predicted octanol–water partition coefficient (Wildman–Crippen LogP) is 3.20. The van der Waals surface area contributed by atoms with Gasteiger partial charge in [-0.2, -0.15) is 5.10 Å². The highest BCUT2D eigenvalue weighted by Crippen LogP contribution is 2.16. The van der Waals surface area contributed by atoms with Gasteiger partial charge in [0.2, 0.25) is 0 Å². The van der Waals surface area contributed by atoms with Gasteiger partial charge >= 0.3 is 0 Å². The highest BCUT2D eigenvalue weighted by molar-refractivity contribution is 6.07. The lowest BCUT2D eigenvalue weighted by Crippen LogP contribution is -2.21. The number of carbonyl (C=O) groups is 2. The Morgan fingerprint density at radius 1 is 1.04 bits per heavy atom. The monoisotopic (exact) mass is 378 g/mol. The Morgan fingerprint density at radius 3 is 2.61 bits per heavy atom. The average molecular weight is 378 g/mol. The van der Waals surface area contributed by atoms with Crippen molar-refractivity contribution in [2.24, 2.45) is 5.10 Å². The van der Waals surface area contributed by atoms with E-state index in [9.17, 15) is 19.7 Å². The van der Waals surface area contributed by atoms with Gasteiger partial charge in [-0.1, -0.05) is 24.3 Å². The maximum atomic E-state index is 12.4. The molecular weight excluding hydrogens is 364 g/mol. The van der Waals surface area contributed by atoms with Crippen LogP contribution in [0.5, 0.6) is 0 Å². The number of benzene rings is 2. The van der Waals surface area contributed by atoms with E-state index in [1.165, 1.54) is 42.8 Å². The zero-order chi connectivity index (χ0) is 19.9. The second kappa shape index (κ2) is 8.41. The molecule has 9 nitrogen and oxygen atoms in total. The number of furan rings is 1. The number of para-hydroxylation sites is 1. The Hall–Kier alpha value is -4.27. The molecule has 0 saturated carbocycles. The summed E-state index contributed by atoms with van der Waals surface area (Å²) in [6.45, 7) is 0. The Morgan fingerprint density at radius 2 is 1.86 bits per heavy atom. The molecule has 0 unspecified atom stereocenters. The summed E-state index contributed by atoms with van der Waals surface area (Å²) in [6, 6.07) is 15.3. The fraction of sp³-hybridized carbons (Fsp3) is 0. The number of hydrogen-bond acceptors (Lipinski definition) is 6. The molecule has 2 N–H and O–H groups in total. The molecule has 28 heavy (non-hydrogen) atoms. The van der Waals surface area contributed by atoms with Crippen LogP contribution in [0.15, 0.2) is 76.4 Å². The van der Waals surface area contributed by atoms with Crippen LogP contribution in [0, 0.1) is 10.1 Å². The number of nitro groups is 1. The summed E-state index contributed by atoms with van der Waals surface area (Å²) in [4.78, 5) is 34.8. The van der Waals surface area contributed by atoms with Crippen LogP contribution in [-0.4, -0.2) is 23.0 Å². The van der Waals surface area contributed by atoms with Crippen LogP contribution in [0.25, 0.3) is 0 Å². The third-order valence-electron chi connectivity index (χ3n) is 3.63. The molecule has 0 aliphatic rings. The standard InChI is InChI=1S/C19H14N4O5/c24-18(22-20-12-13-5-3-6-14(11-13)23(26)27)15-7-1-2-8-16(15)21-19(25)17-9-4-10-28-17/h1-12H,(H,21,25)(H,22,24)/b20-12-. The van der Waals surface area contributed by atoms with Gasteiger partial charge in [-0.25, -0.2) is 5.43 Å². The SMILES string of the molecule is O=C(Nc1ccccc1C(=O)N/N=C\c1cccc([N+](=O)[O-])c1)c1ccco1. The van der Waals surface area contributed by atoms with Gasteiger partial charge in [-0.15, -0.1) is 0 Å². The summed E-state index contributed by atoms with van der Waals surface area (Å²) < 4.78 is 5.02. The number of nitro benzene ring substituents is 1. The smallest absolute Gasteiger partial charge is 0.291 e. The molecule has 1 aromatic heterocycles. The zero-order valence-corrected chi connectivity index (χ0v) is 14.4. The minimum absolute atomic E-state index is 0.0822. The summed E-state index contributed by atoms with van der Waals surface area (Å²) in [6.07, 6.45) is 2.66. The molecule has 0 fully saturated rings. The minimum atomic E-state index is -0.558. The van der Waals surface area contributed by atoms with Crippen LogP contribution >= 0.6 is 0 Å². The molecule has 2 amide bonds. The van der Waals surface area contributed by atoms with E-state index < -0.39 is 16.7 Å². The largest absolute Gasteiger partial charge is 0.459 e. The first-order valence-corrected chi connectivity index (χ1v) is 8.06. The molecular formula is C19H14N4O5. The van der Waals surface area contributed by atoms with E-state index in [1.54, 1.807) is 30.3 Å². The van der Waals surface area contributed by atoms with Crippen LogP contribution in [0.2, 0.25) is 0 Å². The van der Waals surface area contributed by atoms with Gasteiger partial charge in [0.15, 0.2) is 5.76 Å². The maximum Gasteiger partial charge on any atom is 0.291 e. The molecule has 0 aliphatic carbocycles. The Bertz CT molecular complexity index is 1040. The lowest BCUT2D eigenvalue weighted by Gasteiger charge is -2.08. The van der Waals surface area contributed by atoms with E-state index in [0.29, 0.717) is 5.56 Å². The molecule has 3 aromatic rings. The second-order valence-corrected chi connectivity index (χ2v) is 5.53. The zero-order valence-electron chi connectivity index (χ0n) is 14.4. The van der Waals surface area contributed by atoms with Crippen molar-refractivity contribution in [1.29, 1.82) is 0 Å². The van der Waals surface area contributed by atoms with E-state index in [-0.39, 0.29) is 22.7 Å². The van der Waals surface area contributed by atoms with Crippen molar-refractivity contribution >= 4 is 29.4 Å². The van der Waals surface area contributed by atoms with Gasteiger partial charge in [-0.3, -0.25) is 19.7 Å². The van der Waals surface area contributed by atoms with Crippen molar-refractivity contribution < 1.29 is 18.9 Å². The van der Waals surface area contributed by atoms with Crippen molar-refractivity contribution in [2.45, 2.75) is 0 Å². The molecule has 2 aromatic carbocycles. The van der Waals surface area contributed by atoms with Gasteiger partial charge < -0.3 is 9.73 Å². The van der Waals surface area contributed by atoms with Crippen LogP contribution in [0.3, 0.4) is 0 Å². The third-order valence-corrected chi connectivity index (χ3v) is 3.63. The molecule has 0 aliphatic heterocycles. The predicted molar refractivity (Wildman–Crippen MR) is 101 cm³/mol. The average Bonchev–Trinajstić information content (AvgIpc) is 3.23. The molecule has 0 saturated heterocycles. The number of rotatable bonds is 6. The summed E-state index contributed by atoms with van der Waals surface area (Å²) in [7, 11) is 0. The van der Waals surface area contributed by atoms with Crippen molar-refractivity contribution in [2.75, 3.05) is 5.32 Å². The summed E-state index contributed by atoms with van der Waals surface area (Å²) >= 11 is 0. The number of carbonyl (C=O) groups excluding carboxylic acids is 2. The number of nitrogens with zero attached hydrogens (tertiary/aromatic N) is 2. The Kier molecular flexibility index (Phi) is 5.56. The van der Waals surface area contributed by atoms with Gasteiger partial charge in [0.25, 0.3) is 17.5 Å². The van der Waals surface area contributed by atoms with Crippen molar-refractivity contribution in [3.8, 4) is 0 Å². The maximum absolute atomic E-state index is 12.4. The van der Waals surface area contributed by atoms with Gasteiger partial charge in [0, 0.05) is 17.7 Å². The van der Waals surface area contributed by atoms with Gasteiger partial charge in [0.05, 0.1) is 28.7 Å². The number of hydrazone groups is 1. The Balaban J connectivity index is 1.70. The third kappa shape index (κ3) is 4.47. The number of hydrogen-bond donors (Lipinski definition) is 2. The minimum Gasteiger partial charge on any atom is -0.459 e. The van der Waals surface area contributed by atoms with Crippen LogP contribution < -0.4 is 10.7 Å². The summed E-state index contributed by atoms with van der Waals surface area (Å²) in [5.74, 6) is -0.943. The normalized spacial score (nSPS) is 10.6. The Labute approximate surface area is 158 Å². The van der Waals surface area contributed by atoms with E-state index >= 15 is 0 Å².